The summed E-state index contributed by atoms with van der Waals surface area (Å²) in [7, 11) is 1.17. The molecular formula is C22H23N5O5S. The van der Waals surface area contributed by atoms with Crippen molar-refractivity contribution in [1.82, 2.24) is 0 Å². The third-order valence-electron chi connectivity index (χ3n) is 4.64. The van der Waals surface area contributed by atoms with Gasteiger partial charge >= 0.3 is 0 Å². The number of nitro groups is 1. The number of ether oxygens (including phenoxy) is 1. The van der Waals surface area contributed by atoms with E-state index in [4.69, 9.17) is 4.74 Å². The number of benzene rings is 3. The van der Waals surface area contributed by atoms with Gasteiger partial charge in [0.05, 0.1) is 28.8 Å². The second-order valence-corrected chi connectivity index (χ2v) is 8.78. The van der Waals surface area contributed by atoms with Gasteiger partial charge < -0.3 is 9.64 Å². The van der Waals surface area contributed by atoms with Crippen molar-refractivity contribution in [3.63, 3.8) is 0 Å². The SMILES string of the molecule is COc1ccccc1NS(=O)(=O)c1ccc(N/N=C/c2ccc(N(C)C)cc2)c([N+](=O)[O-])c1. The molecule has 0 atom stereocenters. The highest BCUT2D eigenvalue weighted by Gasteiger charge is 2.22. The number of nitro benzene ring substituents is 1. The standard InChI is InChI=1S/C22H23N5O5S/c1-26(2)17-10-8-16(9-11-17)15-23-24-19-13-12-18(14-21(19)27(28)29)33(30,31)25-20-6-4-5-7-22(20)32-3/h4-15,24-25H,1-3H3/b23-15+. The van der Waals surface area contributed by atoms with E-state index in [1.165, 1.54) is 31.5 Å². The summed E-state index contributed by atoms with van der Waals surface area (Å²) in [4.78, 5) is 12.6. The zero-order chi connectivity index (χ0) is 24.0. The average Bonchev–Trinajstić information content (AvgIpc) is 2.79. The molecular weight excluding hydrogens is 446 g/mol. The predicted octanol–water partition coefficient (Wildman–Crippen LogP) is 3.92. The maximum Gasteiger partial charge on any atom is 0.295 e. The van der Waals surface area contributed by atoms with E-state index in [-0.39, 0.29) is 16.3 Å². The molecule has 3 aromatic carbocycles. The van der Waals surface area contributed by atoms with Crippen molar-refractivity contribution in [2.24, 2.45) is 5.10 Å². The van der Waals surface area contributed by atoms with Crippen molar-refractivity contribution in [1.29, 1.82) is 0 Å². The molecule has 33 heavy (non-hydrogen) atoms. The van der Waals surface area contributed by atoms with Gasteiger partial charge in [0, 0.05) is 25.8 Å². The molecule has 0 aliphatic heterocycles. The van der Waals surface area contributed by atoms with Crippen LogP contribution in [0, 0.1) is 10.1 Å². The number of anilines is 3. The molecule has 11 heteroatoms. The minimum absolute atomic E-state index is 0.0532. The Labute approximate surface area is 191 Å². The van der Waals surface area contributed by atoms with Crippen LogP contribution in [0.3, 0.4) is 0 Å². The van der Waals surface area contributed by atoms with E-state index in [0.29, 0.717) is 5.75 Å². The molecule has 0 unspecified atom stereocenters. The van der Waals surface area contributed by atoms with Crippen LogP contribution < -0.4 is 19.8 Å². The van der Waals surface area contributed by atoms with E-state index in [1.807, 2.05) is 43.3 Å². The first-order chi connectivity index (χ1) is 15.7. The van der Waals surface area contributed by atoms with E-state index in [1.54, 1.807) is 18.2 Å². The van der Waals surface area contributed by atoms with Crippen molar-refractivity contribution >= 4 is 39.0 Å². The van der Waals surface area contributed by atoms with Crippen LogP contribution in [-0.2, 0) is 10.0 Å². The molecule has 0 heterocycles. The van der Waals surface area contributed by atoms with Crippen molar-refractivity contribution < 1.29 is 18.1 Å². The van der Waals surface area contributed by atoms with Crippen molar-refractivity contribution in [3.05, 3.63) is 82.4 Å². The number of hydrazone groups is 1. The van der Waals surface area contributed by atoms with E-state index >= 15 is 0 Å². The third-order valence-corrected chi connectivity index (χ3v) is 6.00. The van der Waals surface area contributed by atoms with Gasteiger partial charge in [-0.25, -0.2) is 8.42 Å². The Hall–Kier alpha value is -4.12. The van der Waals surface area contributed by atoms with Crippen LogP contribution in [0.15, 0.2) is 76.7 Å². The lowest BCUT2D eigenvalue weighted by atomic mass is 10.2. The van der Waals surface area contributed by atoms with E-state index in [0.717, 1.165) is 17.3 Å². The van der Waals surface area contributed by atoms with Crippen LogP contribution in [-0.4, -0.2) is 40.8 Å². The van der Waals surface area contributed by atoms with E-state index < -0.39 is 20.6 Å². The number of hydrogen-bond acceptors (Lipinski definition) is 8. The molecule has 0 aliphatic carbocycles. The lowest BCUT2D eigenvalue weighted by Gasteiger charge is -2.12. The molecule has 0 radical (unpaired) electrons. The fraction of sp³-hybridized carbons (Fsp3) is 0.136. The normalized spacial score (nSPS) is 11.2. The summed E-state index contributed by atoms with van der Waals surface area (Å²) in [6.07, 6.45) is 1.51. The van der Waals surface area contributed by atoms with E-state index in [9.17, 15) is 18.5 Å². The molecule has 0 fully saturated rings. The number of methoxy groups -OCH3 is 1. The van der Waals surface area contributed by atoms with Gasteiger partial charge in [-0.3, -0.25) is 20.3 Å². The molecule has 0 saturated heterocycles. The maximum atomic E-state index is 12.8. The summed E-state index contributed by atoms with van der Waals surface area (Å²) < 4.78 is 33.1. The van der Waals surface area contributed by atoms with Crippen LogP contribution in [0.25, 0.3) is 0 Å². The first-order valence-corrected chi connectivity index (χ1v) is 11.2. The molecule has 0 spiro atoms. The number of para-hydroxylation sites is 2. The number of hydrogen-bond donors (Lipinski definition) is 2. The van der Waals surface area contributed by atoms with Crippen LogP contribution in [0.2, 0.25) is 0 Å². The van der Waals surface area contributed by atoms with Crippen molar-refractivity contribution in [2.75, 3.05) is 36.3 Å². The van der Waals surface area contributed by atoms with E-state index in [2.05, 4.69) is 15.2 Å². The van der Waals surface area contributed by atoms with Gasteiger partial charge in [-0.05, 0) is 42.0 Å². The summed E-state index contributed by atoms with van der Waals surface area (Å²) in [6.45, 7) is 0. The fourth-order valence-corrected chi connectivity index (χ4v) is 3.98. The molecule has 0 saturated carbocycles. The molecule has 3 aromatic rings. The second-order valence-electron chi connectivity index (χ2n) is 7.10. The van der Waals surface area contributed by atoms with Gasteiger partial charge in [-0.15, -0.1) is 0 Å². The summed E-state index contributed by atoms with van der Waals surface area (Å²) in [5.41, 5.74) is 4.26. The first-order valence-electron chi connectivity index (χ1n) is 9.72. The molecule has 2 N–H and O–H groups in total. The largest absolute Gasteiger partial charge is 0.495 e. The van der Waals surface area contributed by atoms with Crippen LogP contribution in [0.5, 0.6) is 5.75 Å². The molecule has 0 aromatic heterocycles. The third kappa shape index (κ3) is 5.77. The molecule has 0 bridgehead atoms. The number of nitrogens with zero attached hydrogens (tertiary/aromatic N) is 3. The van der Waals surface area contributed by atoms with Crippen LogP contribution in [0.1, 0.15) is 5.56 Å². The summed E-state index contributed by atoms with van der Waals surface area (Å²) in [6, 6.07) is 17.5. The highest BCUT2D eigenvalue weighted by atomic mass is 32.2. The zero-order valence-corrected chi connectivity index (χ0v) is 19.0. The van der Waals surface area contributed by atoms with Gasteiger partial charge in [0.1, 0.15) is 11.4 Å². The Morgan fingerprint density at radius 2 is 1.73 bits per heavy atom. The monoisotopic (exact) mass is 469 g/mol. The molecule has 0 aliphatic rings. The summed E-state index contributed by atoms with van der Waals surface area (Å²) in [5, 5.41) is 15.6. The highest BCUT2D eigenvalue weighted by molar-refractivity contribution is 7.92. The lowest BCUT2D eigenvalue weighted by Crippen LogP contribution is -2.14. The molecule has 0 amide bonds. The number of nitrogens with one attached hydrogen (secondary N) is 2. The van der Waals surface area contributed by atoms with Crippen molar-refractivity contribution in [2.45, 2.75) is 4.90 Å². The lowest BCUT2D eigenvalue weighted by molar-refractivity contribution is -0.384. The molecule has 3 rings (SSSR count). The minimum atomic E-state index is -4.10. The van der Waals surface area contributed by atoms with Gasteiger partial charge in [-0.1, -0.05) is 24.3 Å². The smallest absolute Gasteiger partial charge is 0.295 e. The van der Waals surface area contributed by atoms with Gasteiger partial charge in [0.2, 0.25) is 0 Å². The van der Waals surface area contributed by atoms with Gasteiger partial charge in [0.15, 0.2) is 0 Å². The topological polar surface area (TPSA) is 126 Å². The quantitative estimate of drug-likeness (QED) is 0.276. The van der Waals surface area contributed by atoms with Gasteiger partial charge in [0.25, 0.3) is 15.7 Å². The Morgan fingerprint density at radius 1 is 1.03 bits per heavy atom. The minimum Gasteiger partial charge on any atom is -0.495 e. The summed E-state index contributed by atoms with van der Waals surface area (Å²) >= 11 is 0. The second kappa shape index (κ2) is 10.0. The van der Waals surface area contributed by atoms with Crippen LogP contribution >= 0.6 is 0 Å². The molecule has 172 valence electrons. The maximum absolute atomic E-state index is 12.8. The van der Waals surface area contributed by atoms with Crippen LogP contribution in [0.4, 0.5) is 22.7 Å². The average molecular weight is 470 g/mol. The number of sulfonamides is 1. The van der Waals surface area contributed by atoms with Crippen molar-refractivity contribution in [3.8, 4) is 5.75 Å². The Morgan fingerprint density at radius 3 is 2.36 bits per heavy atom. The zero-order valence-electron chi connectivity index (χ0n) is 18.2. The Kier molecular flexibility index (Phi) is 7.13. The molecule has 10 nitrogen and oxygen atoms in total. The Bertz CT molecular complexity index is 1270. The predicted molar refractivity (Wildman–Crippen MR) is 129 cm³/mol. The first kappa shape index (κ1) is 23.5. The summed E-state index contributed by atoms with van der Waals surface area (Å²) in [5.74, 6) is 0.321. The van der Waals surface area contributed by atoms with Gasteiger partial charge in [-0.2, -0.15) is 5.10 Å². The Balaban J connectivity index is 1.82. The number of rotatable bonds is 9. The fourth-order valence-electron chi connectivity index (χ4n) is 2.89. The highest BCUT2D eigenvalue weighted by Crippen LogP contribution is 2.30.